The Balaban J connectivity index is 1.50. The number of fused-ring (bicyclic) bond motifs is 1. The van der Waals surface area contributed by atoms with E-state index in [1.165, 1.54) is 10.6 Å². The highest BCUT2D eigenvalue weighted by Crippen LogP contribution is 2.28. The molecule has 0 bridgehead atoms. The number of rotatable bonds is 4. The fourth-order valence-electron chi connectivity index (χ4n) is 3.99. The minimum atomic E-state index is -3.16. The van der Waals surface area contributed by atoms with Gasteiger partial charge in [0.15, 0.2) is 5.69 Å². The van der Waals surface area contributed by atoms with E-state index in [1.807, 2.05) is 35.0 Å². The number of nitrogens with zero attached hydrogens (tertiary/aromatic N) is 3. The smallest absolute Gasteiger partial charge is 0.272 e. The molecule has 27 heavy (non-hydrogen) atoms. The summed E-state index contributed by atoms with van der Waals surface area (Å²) in [6.07, 6.45) is 5.31. The molecule has 1 aliphatic carbocycles. The van der Waals surface area contributed by atoms with Crippen molar-refractivity contribution in [2.45, 2.75) is 38.1 Å². The highest BCUT2D eigenvalue weighted by atomic mass is 32.2. The number of benzene rings is 1. The van der Waals surface area contributed by atoms with Crippen molar-refractivity contribution in [3.63, 3.8) is 0 Å². The number of amides is 1. The highest BCUT2D eigenvalue weighted by molar-refractivity contribution is 7.88. The quantitative estimate of drug-likeness (QED) is 0.861. The summed E-state index contributed by atoms with van der Waals surface area (Å²) < 4.78 is 26.6. The first kappa shape index (κ1) is 18.2. The molecule has 1 aliphatic heterocycles. The fraction of sp³-hybridized carbons (Fsp3) is 0.474. The summed E-state index contributed by atoms with van der Waals surface area (Å²) >= 11 is 0. The second-order valence-corrected chi connectivity index (χ2v) is 9.27. The van der Waals surface area contributed by atoms with Gasteiger partial charge in [0.2, 0.25) is 10.0 Å². The summed E-state index contributed by atoms with van der Waals surface area (Å²) in [6.45, 7) is 0.890. The standard InChI is InChI=1S/C19H24N4O3S/c1-27(25,26)22-12-10-14(11-13-22)20-19(24)18-16-8-5-9-17(16)23(21-18)15-6-3-2-4-7-15/h2-4,6-7,14H,5,8-13H2,1H3,(H,20,24). The van der Waals surface area contributed by atoms with Crippen LogP contribution in [0, 0.1) is 0 Å². The summed E-state index contributed by atoms with van der Waals surface area (Å²) in [6, 6.07) is 9.86. The lowest BCUT2D eigenvalue weighted by atomic mass is 10.1. The molecule has 1 N–H and O–H groups in total. The van der Waals surface area contributed by atoms with Crippen molar-refractivity contribution in [1.29, 1.82) is 0 Å². The number of aromatic nitrogens is 2. The lowest BCUT2D eigenvalue weighted by Crippen LogP contribution is -2.46. The third-order valence-electron chi connectivity index (χ3n) is 5.40. The zero-order valence-corrected chi connectivity index (χ0v) is 16.2. The lowest BCUT2D eigenvalue weighted by molar-refractivity contribution is 0.0917. The molecule has 1 amide bonds. The molecule has 0 spiro atoms. The van der Waals surface area contributed by atoms with Crippen LogP contribution in [0.5, 0.6) is 0 Å². The van der Waals surface area contributed by atoms with Crippen molar-refractivity contribution in [1.82, 2.24) is 19.4 Å². The van der Waals surface area contributed by atoms with Crippen molar-refractivity contribution >= 4 is 15.9 Å². The van der Waals surface area contributed by atoms with E-state index in [4.69, 9.17) is 0 Å². The first-order valence-electron chi connectivity index (χ1n) is 9.35. The van der Waals surface area contributed by atoms with Crippen LogP contribution in [-0.2, 0) is 22.9 Å². The predicted molar refractivity (Wildman–Crippen MR) is 102 cm³/mol. The van der Waals surface area contributed by atoms with Gasteiger partial charge in [-0.3, -0.25) is 4.79 Å². The fourth-order valence-corrected chi connectivity index (χ4v) is 4.86. The molecule has 1 aromatic heterocycles. The van der Waals surface area contributed by atoms with Crippen LogP contribution < -0.4 is 5.32 Å². The summed E-state index contributed by atoms with van der Waals surface area (Å²) in [5.41, 5.74) is 3.65. The van der Waals surface area contributed by atoms with E-state index in [9.17, 15) is 13.2 Å². The second kappa shape index (κ2) is 7.09. The van der Waals surface area contributed by atoms with Gasteiger partial charge in [-0.2, -0.15) is 5.10 Å². The predicted octanol–water partition coefficient (Wildman–Crippen LogP) is 1.51. The second-order valence-electron chi connectivity index (χ2n) is 7.28. The molecule has 0 saturated carbocycles. The van der Waals surface area contributed by atoms with Crippen LogP contribution in [0.15, 0.2) is 30.3 Å². The highest BCUT2D eigenvalue weighted by Gasteiger charge is 2.30. The molecular weight excluding hydrogens is 364 g/mol. The van der Waals surface area contributed by atoms with Crippen molar-refractivity contribution < 1.29 is 13.2 Å². The van der Waals surface area contributed by atoms with E-state index in [1.54, 1.807) is 0 Å². The van der Waals surface area contributed by atoms with Gasteiger partial charge in [0.25, 0.3) is 5.91 Å². The summed E-state index contributed by atoms with van der Waals surface area (Å²) in [5, 5.41) is 7.69. The number of carbonyl (C=O) groups excluding carboxylic acids is 1. The van der Waals surface area contributed by atoms with E-state index in [2.05, 4.69) is 10.4 Å². The average Bonchev–Trinajstić information content (AvgIpc) is 3.24. The van der Waals surface area contributed by atoms with Crippen molar-refractivity contribution in [3.05, 3.63) is 47.3 Å². The lowest BCUT2D eigenvalue weighted by Gasteiger charge is -2.30. The van der Waals surface area contributed by atoms with Crippen LogP contribution in [-0.4, -0.2) is 53.8 Å². The van der Waals surface area contributed by atoms with Crippen molar-refractivity contribution in [2.24, 2.45) is 0 Å². The third-order valence-corrected chi connectivity index (χ3v) is 6.71. The first-order valence-corrected chi connectivity index (χ1v) is 11.2. The number of hydrogen-bond acceptors (Lipinski definition) is 4. The Morgan fingerprint density at radius 1 is 1.15 bits per heavy atom. The number of carbonyl (C=O) groups is 1. The van der Waals surface area contributed by atoms with Gasteiger partial charge < -0.3 is 5.32 Å². The van der Waals surface area contributed by atoms with E-state index in [-0.39, 0.29) is 11.9 Å². The molecule has 144 valence electrons. The Morgan fingerprint density at radius 3 is 2.52 bits per heavy atom. The zero-order chi connectivity index (χ0) is 19.0. The number of hydrogen-bond donors (Lipinski definition) is 1. The molecule has 2 aliphatic rings. The van der Waals surface area contributed by atoms with Gasteiger partial charge in [0.05, 0.1) is 11.9 Å². The van der Waals surface area contributed by atoms with E-state index in [0.717, 1.165) is 36.2 Å². The molecule has 1 aromatic carbocycles. The van der Waals surface area contributed by atoms with Crippen molar-refractivity contribution in [2.75, 3.05) is 19.3 Å². The Morgan fingerprint density at radius 2 is 1.85 bits per heavy atom. The van der Waals surface area contributed by atoms with Crippen LogP contribution in [0.4, 0.5) is 0 Å². The molecule has 0 atom stereocenters. The van der Waals surface area contributed by atoms with Crippen LogP contribution in [0.1, 0.15) is 41.0 Å². The number of para-hydroxylation sites is 1. The van der Waals surface area contributed by atoms with Crippen LogP contribution >= 0.6 is 0 Å². The molecule has 2 heterocycles. The Kier molecular flexibility index (Phi) is 4.77. The van der Waals surface area contributed by atoms with Gasteiger partial charge >= 0.3 is 0 Å². The van der Waals surface area contributed by atoms with Crippen LogP contribution in [0.2, 0.25) is 0 Å². The average molecular weight is 388 g/mol. The largest absolute Gasteiger partial charge is 0.348 e. The summed E-state index contributed by atoms with van der Waals surface area (Å²) in [5.74, 6) is -0.152. The van der Waals surface area contributed by atoms with E-state index < -0.39 is 10.0 Å². The molecule has 1 fully saturated rings. The monoisotopic (exact) mass is 388 g/mol. The molecule has 0 radical (unpaired) electrons. The van der Waals surface area contributed by atoms with Gasteiger partial charge in [-0.15, -0.1) is 0 Å². The van der Waals surface area contributed by atoms with Gasteiger partial charge in [-0.1, -0.05) is 18.2 Å². The van der Waals surface area contributed by atoms with E-state index in [0.29, 0.717) is 31.6 Å². The minimum Gasteiger partial charge on any atom is -0.348 e. The van der Waals surface area contributed by atoms with E-state index >= 15 is 0 Å². The molecule has 1 saturated heterocycles. The zero-order valence-electron chi connectivity index (χ0n) is 15.4. The number of piperidine rings is 1. The maximum atomic E-state index is 12.9. The Labute approximate surface area is 159 Å². The Bertz CT molecular complexity index is 945. The molecule has 4 rings (SSSR count). The van der Waals surface area contributed by atoms with Crippen LogP contribution in [0.3, 0.4) is 0 Å². The molecular formula is C19H24N4O3S. The molecule has 8 heteroatoms. The van der Waals surface area contributed by atoms with Crippen LogP contribution in [0.25, 0.3) is 5.69 Å². The topological polar surface area (TPSA) is 84.3 Å². The minimum absolute atomic E-state index is 0.0190. The van der Waals surface area contributed by atoms with Crippen molar-refractivity contribution in [3.8, 4) is 5.69 Å². The van der Waals surface area contributed by atoms with Gasteiger partial charge in [-0.25, -0.2) is 17.4 Å². The Hall–Kier alpha value is -2.19. The van der Waals surface area contributed by atoms with Gasteiger partial charge in [0.1, 0.15) is 0 Å². The first-order chi connectivity index (χ1) is 12.9. The molecule has 7 nitrogen and oxygen atoms in total. The third kappa shape index (κ3) is 3.64. The number of sulfonamides is 1. The molecule has 2 aromatic rings. The van der Waals surface area contributed by atoms with Gasteiger partial charge in [0, 0.05) is 30.4 Å². The SMILES string of the molecule is CS(=O)(=O)N1CCC(NC(=O)c2nn(-c3ccccc3)c3c2CCC3)CC1. The maximum Gasteiger partial charge on any atom is 0.272 e. The number of nitrogens with one attached hydrogen (secondary N) is 1. The molecule has 0 unspecified atom stereocenters. The maximum absolute atomic E-state index is 12.9. The summed E-state index contributed by atoms with van der Waals surface area (Å²) in [4.78, 5) is 12.9. The summed E-state index contributed by atoms with van der Waals surface area (Å²) in [7, 11) is -3.16. The van der Waals surface area contributed by atoms with Gasteiger partial charge in [-0.05, 0) is 44.2 Å². The normalized spacial score (nSPS) is 18.4.